The minimum Gasteiger partial charge on any atom is -0.288 e. The summed E-state index contributed by atoms with van der Waals surface area (Å²) in [5.74, 6) is 0.0463. The Labute approximate surface area is 132 Å². The average Bonchev–Trinajstić information content (AvgIpc) is 3.24. The van der Waals surface area contributed by atoms with Crippen LogP contribution in [-0.4, -0.2) is 20.5 Å². The minimum atomic E-state index is 0.0463. The van der Waals surface area contributed by atoms with Crippen molar-refractivity contribution in [3.63, 3.8) is 0 Å². The highest BCUT2D eigenvalue weighted by Crippen LogP contribution is 2.18. The van der Waals surface area contributed by atoms with E-state index in [1.54, 1.807) is 28.4 Å². The zero-order valence-electron chi connectivity index (χ0n) is 12.1. The molecule has 0 unspecified atom stereocenters. The fraction of sp³-hybridized carbons (Fsp3) is 0.118. The molecule has 0 fully saturated rings. The van der Waals surface area contributed by atoms with Crippen LogP contribution in [0, 0.1) is 0 Å². The third kappa shape index (κ3) is 3.20. The molecule has 0 bridgehead atoms. The number of hydrogen-bond donors (Lipinski definition) is 0. The molecule has 0 aliphatic heterocycles. The summed E-state index contributed by atoms with van der Waals surface area (Å²) in [7, 11) is 0. The topological polar surface area (TPSA) is 47.8 Å². The number of rotatable bonds is 5. The van der Waals surface area contributed by atoms with E-state index in [0.29, 0.717) is 0 Å². The van der Waals surface area contributed by atoms with Crippen molar-refractivity contribution in [1.82, 2.24) is 14.8 Å². The summed E-state index contributed by atoms with van der Waals surface area (Å²) in [4.78, 5) is 18.0. The van der Waals surface area contributed by atoms with Crippen molar-refractivity contribution in [2.75, 3.05) is 0 Å². The third-order valence-electron chi connectivity index (χ3n) is 3.26. The maximum Gasteiger partial charge on any atom is 0.195 e. The number of benzene rings is 1. The highest BCUT2D eigenvalue weighted by molar-refractivity contribution is 7.14. The van der Waals surface area contributed by atoms with Gasteiger partial charge in [0, 0.05) is 4.88 Å². The molecule has 5 heteroatoms. The Hall–Kier alpha value is -2.53. The summed E-state index contributed by atoms with van der Waals surface area (Å²) < 4.78 is 1.69. The molecule has 22 heavy (non-hydrogen) atoms. The van der Waals surface area contributed by atoms with Gasteiger partial charge in [0.15, 0.2) is 5.78 Å². The Kier molecular flexibility index (Phi) is 4.25. The van der Waals surface area contributed by atoms with Crippen LogP contribution in [0.1, 0.15) is 27.0 Å². The Balaban J connectivity index is 1.71. The largest absolute Gasteiger partial charge is 0.288 e. The number of aromatic nitrogens is 3. The highest BCUT2D eigenvalue weighted by Gasteiger charge is 2.05. The maximum atomic E-state index is 12.1. The zero-order valence-corrected chi connectivity index (χ0v) is 13.0. The van der Waals surface area contributed by atoms with Gasteiger partial charge >= 0.3 is 0 Å². The predicted molar refractivity (Wildman–Crippen MR) is 88.4 cm³/mol. The Morgan fingerprint density at radius 3 is 2.68 bits per heavy atom. The molecule has 1 aromatic carbocycles. The Morgan fingerprint density at radius 1 is 1.23 bits per heavy atom. The number of ketones is 1. The summed E-state index contributed by atoms with van der Waals surface area (Å²) in [6, 6.07) is 11.7. The van der Waals surface area contributed by atoms with E-state index in [1.807, 2.05) is 42.5 Å². The second kappa shape index (κ2) is 6.49. The van der Waals surface area contributed by atoms with E-state index in [9.17, 15) is 4.79 Å². The van der Waals surface area contributed by atoms with E-state index < -0.39 is 0 Å². The zero-order chi connectivity index (χ0) is 15.4. The van der Waals surface area contributed by atoms with Crippen molar-refractivity contribution in [2.45, 2.75) is 13.3 Å². The van der Waals surface area contributed by atoms with E-state index in [-0.39, 0.29) is 5.78 Å². The first-order chi connectivity index (χ1) is 10.8. The van der Waals surface area contributed by atoms with E-state index in [1.165, 1.54) is 11.2 Å². The van der Waals surface area contributed by atoms with Crippen LogP contribution in [0.15, 0.2) is 55.1 Å². The lowest BCUT2D eigenvalue weighted by Gasteiger charge is -2.00. The first-order valence-corrected chi connectivity index (χ1v) is 7.84. The van der Waals surface area contributed by atoms with Crippen LogP contribution in [-0.2, 0) is 6.42 Å². The number of thiophene rings is 1. The van der Waals surface area contributed by atoms with Crippen LogP contribution in [0.2, 0.25) is 0 Å². The monoisotopic (exact) mass is 309 g/mol. The molecule has 3 rings (SSSR count). The highest BCUT2D eigenvalue weighted by atomic mass is 32.1. The van der Waals surface area contributed by atoms with Crippen LogP contribution in [0.3, 0.4) is 0 Å². The maximum absolute atomic E-state index is 12.1. The van der Waals surface area contributed by atoms with E-state index in [4.69, 9.17) is 0 Å². The quantitative estimate of drug-likeness (QED) is 0.532. The van der Waals surface area contributed by atoms with Gasteiger partial charge in [-0.25, -0.2) is 9.67 Å². The van der Waals surface area contributed by atoms with Gasteiger partial charge in [0.1, 0.15) is 12.7 Å². The molecule has 0 radical (unpaired) electrons. The molecule has 3 aromatic rings. The predicted octanol–water partition coefficient (Wildman–Crippen LogP) is 3.79. The van der Waals surface area contributed by atoms with Gasteiger partial charge < -0.3 is 0 Å². The summed E-state index contributed by atoms with van der Waals surface area (Å²) in [5.41, 5.74) is 1.91. The SMILES string of the molecule is CCc1ccc(C(=O)/C=C/c2ccc(-n3cncn3)cc2)s1. The van der Waals surface area contributed by atoms with Crippen LogP contribution in [0.25, 0.3) is 11.8 Å². The number of carbonyl (C=O) groups excluding carboxylic acids is 1. The molecule has 0 aliphatic carbocycles. The van der Waals surface area contributed by atoms with E-state index >= 15 is 0 Å². The molecule has 0 spiro atoms. The second-order valence-corrected chi connectivity index (χ2v) is 5.92. The molecular weight excluding hydrogens is 294 g/mol. The van der Waals surface area contributed by atoms with E-state index in [2.05, 4.69) is 17.0 Å². The molecule has 110 valence electrons. The van der Waals surface area contributed by atoms with Crippen molar-refractivity contribution in [2.24, 2.45) is 0 Å². The number of allylic oxidation sites excluding steroid dienone is 1. The molecule has 2 aromatic heterocycles. The van der Waals surface area contributed by atoms with Crippen molar-refractivity contribution >= 4 is 23.2 Å². The molecule has 2 heterocycles. The fourth-order valence-electron chi connectivity index (χ4n) is 2.03. The number of aryl methyl sites for hydroxylation is 1. The van der Waals surface area contributed by atoms with Crippen molar-refractivity contribution in [3.05, 3.63) is 70.4 Å². The Morgan fingerprint density at radius 2 is 2.05 bits per heavy atom. The lowest BCUT2D eigenvalue weighted by Crippen LogP contribution is -1.93. The normalized spacial score (nSPS) is 11.1. The molecule has 0 aliphatic rings. The Bertz CT molecular complexity index is 786. The lowest BCUT2D eigenvalue weighted by atomic mass is 10.1. The van der Waals surface area contributed by atoms with E-state index in [0.717, 1.165) is 22.5 Å². The average molecular weight is 309 g/mol. The van der Waals surface area contributed by atoms with Gasteiger partial charge in [-0.3, -0.25) is 4.79 Å². The molecular formula is C17H15N3OS. The number of carbonyl (C=O) groups is 1. The smallest absolute Gasteiger partial charge is 0.195 e. The van der Waals surface area contributed by atoms with Gasteiger partial charge in [0.25, 0.3) is 0 Å². The lowest BCUT2D eigenvalue weighted by molar-refractivity contribution is 0.105. The van der Waals surface area contributed by atoms with Gasteiger partial charge in [-0.1, -0.05) is 25.1 Å². The van der Waals surface area contributed by atoms with Crippen molar-refractivity contribution < 1.29 is 4.79 Å². The summed E-state index contributed by atoms with van der Waals surface area (Å²) in [6.07, 6.45) is 7.56. The molecule has 0 saturated heterocycles. The van der Waals surface area contributed by atoms with Crippen LogP contribution >= 0.6 is 11.3 Å². The molecule has 0 atom stereocenters. The second-order valence-electron chi connectivity index (χ2n) is 4.75. The van der Waals surface area contributed by atoms with Crippen molar-refractivity contribution in [1.29, 1.82) is 0 Å². The molecule has 4 nitrogen and oxygen atoms in total. The molecule has 0 saturated carbocycles. The fourth-order valence-corrected chi connectivity index (χ4v) is 2.90. The van der Waals surface area contributed by atoms with Gasteiger partial charge in [0.2, 0.25) is 0 Å². The van der Waals surface area contributed by atoms with Gasteiger partial charge in [0.05, 0.1) is 10.6 Å². The van der Waals surface area contributed by atoms with Crippen LogP contribution < -0.4 is 0 Å². The first-order valence-electron chi connectivity index (χ1n) is 7.02. The minimum absolute atomic E-state index is 0.0463. The first kappa shape index (κ1) is 14.4. The number of hydrogen-bond acceptors (Lipinski definition) is 4. The summed E-state index contributed by atoms with van der Waals surface area (Å²) >= 11 is 1.56. The van der Waals surface area contributed by atoms with Crippen molar-refractivity contribution in [3.8, 4) is 5.69 Å². The number of nitrogens with zero attached hydrogens (tertiary/aromatic N) is 3. The van der Waals surface area contributed by atoms with Crippen LogP contribution in [0.5, 0.6) is 0 Å². The third-order valence-corrected chi connectivity index (χ3v) is 4.50. The summed E-state index contributed by atoms with van der Waals surface area (Å²) in [6.45, 7) is 2.09. The van der Waals surface area contributed by atoms with Gasteiger partial charge in [-0.2, -0.15) is 5.10 Å². The van der Waals surface area contributed by atoms with Crippen LogP contribution in [0.4, 0.5) is 0 Å². The van der Waals surface area contributed by atoms with Gasteiger partial charge in [-0.15, -0.1) is 11.3 Å². The standard InChI is InChI=1S/C17H15N3OS/c1-2-15-8-10-17(22-15)16(21)9-5-13-3-6-14(7-4-13)20-12-18-11-19-20/h3-12H,2H2,1H3/b9-5+. The summed E-state index contributed by atoms with van der Waals surface area (Å²) in [5, 5.41) is 4.08. The van der Waals surface area contributed by atoms with Gasteiger partial charge in [-0.05, 0) is 42.3 Å². The molecule has 0 amide bonds. The molecule has 0 N–H and O–H groups in total.